The lowest BCUT2D eigenvalue weighted by Crippen LogP contribution is -2.27. The summed E-state index contributed by atoms with van der Waals surface area (Å²) in [6, 6.07) is 6.85. The van der Waals surface area contributed by atoms with Crippen molar-refractivity contribution in [2.24, 2.45) is 0 Å². The van der Waals surface area contributed by atoms with Gasteiger partial charge in [0.2, 0.25) is 0 Å². The van der Waals surface area contributed by atoms with Crippen LogP contribution < -0.4 is 5.32 Å². The van der Waals surface area contributed by atoms with Crippen molar-refractivity contribution in [2.75, 3.05) is 13.2 Å². The fraction of sp³-hybridized carbons (Fsp3) is 0.500. The van der Waals surface area contributed by atoms with Crippen molar-refractivity contribution in [1.29, 1.82) is 0 Å². The van der Waals surface area contributed by atoms with Crippen molar-refractivity contribution in [3.8, 4) is 0 Å². The first-order valence-corrected chi connectivity index (χ1v) is 6.19. The van der Waals surface area contributed by atoms with Crippen molar-refractivity contribution in [1.82, 2.24) is 5.32 Å². The number of carbonyl (C=O) groups excluding carboxylic acids is 1. The lowest BCUT2D eigenvalue weighted by Gasteiger charge is -2.13. The smallest absolute Gasteiger partial charge is 0.319 e. The van der Waals surface area contributed by atoms with Crippen LogP contribution in [0.25, 0.3) is 0 Å². The molecule has 1 unspecified atom stereocenters. The first-order valence-electron chi connectivity index (χ1n) is 6.19. The molecule has 0 amide bonds. The van der Waals surface area contributed by atoms with E-state index in [1.54, 1.807) is 0 Å². The normalized spacial score (nSPS) is 17.9. The van der Waals surface area contributed by atoms with Gasteiger partial charge in [-0.2, -0.15) is 0 Å². The van der Waals surface area contributed by atoms with Crippen molar-refractivity contribution < 1.29 is 9.53 Å². The van der Waals surface area contributed by atoms with E-state index in [2.05, 4.69) is 30.4 Å². The first kappa shape index (κ1) is 12.1. The summed E-state index contributed by atoms with van der Waals surface area (Å²) in [5, 5.41) is 3.28. The Balaban J connectivity index is 1.97. The van der Waals surface area contributed by atoms with Gasteiger partial charge in [0.15, 0.2) is 0 Å². The highest BCUT2D eigenvalue weighted by atomic mass is 16.5. The Kier molecular flexibility index (Phi) is 3.79. The molecule has 3 nitrogen and oxygen atoms in total. The number of ether oxygens (including phenoxy) is 1. The molecule has 0 spiro atoms. The van der Waals surface area contributed by atoms with Gasteiger partial charge in [0.1, 0.15) is 0 Å². The molecule has 0 radical (unpaired) electrons. The summed E-state index contributed by atoms with van der Waals surface area (Å²) in [7, 11) is 0. The molecule has 0 saturated heterocycles. The molecule has 17 heavy (non-hydrogen) atoms. The second kappa shape index (κ2) is 5.32. The number of rotatable bonds is 4. The standard InChI is InChI=1S/C14H19NO2/c1-3-17-14(16)9-15-13-7-6-11-5-4-10(2)8-12(11)13/h4-5,8,13,15H,3,6-7,9H2,1-2H3. The van der Waals surface area contributed by atoms with Crippen LogP contribution in [-0.2, 0) is 16.0 Å². The average Bonchev–Trinajstić information content (AvgIpc) is 2.69. The van der Waals surface area contributed by atoms with Crippen LogP contribution in [0, 0.1) is 6.92 Å². The molecule has 1 aliphatic rings. The molecule has 1 aliphatic carbocycles. The fourth-order valence-electron chi connectivity index (χ4n) is 2.35. The van der Waals surface area contributed by atoms with Gasteiger partial charge in [-0.05, 0) is 37.8 Å². The molecule has 3 heteroatoms. The van der Waals surface area contributed by atoms with Crippen molar-refractivity contribution in [3.63, 3.8) is 0 Å². The minimum Gasteiger partial charge on any atom is -0.465 e. The predicted octanol–water partition coefficient (Wildman–Crippen LogP) is 2.14. The van der Waals surface area contributed by atoms with E-state index in [0.29, 0.717) is 19.2 Å². The first-order chi connectivity index (χ1) is 8.20. The number of carbonyl (C=O) groups is 1. The highest BCUT2D eigenvalue weighted by molar-refractivity contribution is 5.71. The molecular weight excluding hydrogens is 214 g/mol. The molecular formula is C14H19NO2. The largest absolute Gasteiger partial charge is 0.465 e. The van der Waals surface area contributed by atoms with Crippen LogP contribution in [0.1, 0.15) is 36.1 Å². The number of nitrogens with one attached hydrogen (secondary N) is 1. The maximum absolute atomic E-state index is 11.3. The van der Waals surface area contributed by atoms with E-state index in [0.717, 1.165) is 12.8 Å². The van der Waals surface area contributed by atoms with E-state index in [1.165, 1.54) is 16.7 Å². The minimum atomic E-state index is -0.173. The molecule has 2 rings (SSSR count). The summed E-state index contributed by atoms with van der Waals surface area (Å²) < 4.78 is 4.91. The average molecular weight is 233 g/mol. The maximum atomic E-state index is 11.3. The minimum absolute atomic E-state index is 0.173. The Hall–Kier alpha value is -1.35. The number of aryl methyl sites for hydroxylation is 2. The zero-order chi connectivity index (χ0) is 12.3. The van der Waals surface area contributed by atoms with Crippen LogP contribution in [0.3, 0.4) is 0 Å². The Labute approximate surface area is 102 Å². The number of esters is 1. The topological polar surface area (TPSA) is 38.3 Å². The molecule has 0 saturated carbocycles. The quantitative estimate of drug-likeness (QED) is 0.810. The van der Waals surface area contributed by atoms with Crippen molar-refractivity contribution in [2.45, 2.75) is 32.7 Å². The second-order valence-corrected chi connectivity index (χ2v) is 4.48. The Morgan fingerprint density at radius 2 is 2.35 bits per heavy atom. The summed E-state index contributed by atoms with van der Waals surface area (Å²) in [6.07, 6.45) is 2.16. The molecule has 0 aromatic heterocycles. The van der Waals surface area contributed by atoms with Gasteiger partial charge in [-0.1, -0.05) is 23.8 Å². The summed E-state index contributed by atoms with van der Waals surface area (Å²) >= 11 is 0. The van der Waals surface area contributed by atoms with Gasteiger partial charge >= 0.3 is 5.97 Å². The zero-order valence-electron chi connectivity index (χ0n) is 10.5. The van der Waals surface area contributed by atoms with Crippen LogP contribution in [0.15, 0.2) is 18.2 Å². The molecule has 0 fully saturated rings. The number of hydrogen-bond donors (Lipinski definition) is 1. The summed E-state index contributed by atoms with van der Waals surface area (Å²) in [5.74, 6) is -0.173. The van der Waals surface area contributed by atoms with Crippen LogP contribution >= 0.6 is 0 Å². The number of hydrogen-bond acceptors (Lipinski definition) is 3. The Morgan fingerprint density at radius 1 is 1.53 bits per heavy atom. The van der Waals surface area contributed by atoms with Gasteiger partial charge in [-0.25, -0.2) is 0 Å². The van der Waals surface area contributed by atoms with Gasteiger partial charge in [0.25, 0.3) is 0 Å². The van der Waals surface area contributed by atoms with Gasteiger partial charge < -0.3 is 10.1 Å². The van der Waals surface area contributed by atoms with E-state index in [1.807, 2.05) is 6.92 Å². The van der Waals surface area contributed by atoms with E-state index in [4.69, 9.17) is 4.74 Å². The third kappa shape index (κ3) is 2.86. The molecule has 0 bridgehead atoms. The molecule has 1 aromatic carbocycles. The van der Waals surface area contributed by atoms with Crippen LogP contribution in [0.2, 0.25) is 0 Å². The van der Waals surface area contributed by atoms with Crippen molar-refractivity contribution >= 4 is 5.97 Å². The fourth-order valence-corrected chi connectivity index (χ4v) is 2.35. The van der Waals surface area contributed by atoms with Gasteiger partial charge in [0.05, 0.1) is 13.2 Å². The van der Waals surface area contributed by atoms with E-state index in [-0.39, 0.29) is 5.97 Å². The van der Waals surface area contributed by atoms with Gasteiger partial charge in [-0.3, -0.25) is 4.79 Å². The summed E-state index contributed by atoms with van der Waals surface area (Å²) in [5.41, 5.74) is 4.01. The molecule has 0 heterocycles. The van der Waals surface area contributed by atoms with Crippen LogP contribution in [-0.4, -0.2) is 19.1 Å². The third-order valence-corrected chi connectivity index (χ3v) is 3.18. The van der Waals surface area contributed by atoms with E-state index >= 15 is 0 Å². The van der Waals surface area contributed by atoms with E-state index in [9.17, 15) is 4.79 Å². The highest BCUT2D eigenvalue weighted by Gasteiger charge is 2.22. The zero-order valence-corrected chi connectivity index (χ0v) is 10.5. The molecule has 1 aromatic rings. The molecule has 1 atom stereocenters. The second-order valence-electron chi connectivity index (χ2n) is 4.48. The lowest BCUT2D eigenvalue weighted by molar-refractivity contribution is -0.142. The summed E-state index contributed by atoms with van der Waals surface area (Å²) in [4.78, 5) is 11.3. The number of benzene rings is 1. The number of fused-ring (bicyclic) bond motifs is 1. The Morgan fingerprint density at radius 3 is 3.12 bits per heavy atom. The van der Waals surface area contributed by atoms with Gasteiger partial charge in [0, 0.05) is 6.04 Å². The van der Waals surface area contributed by atoms with Crippen LogP contribution in [0.5, 0.6) is 0 Å². The molecule has 92 valence electrons. The lowest BCUT2D eigenvalue weighted by atomic mass is 10.1. The highest BCUT2D eigenvalue weighted by Crippen LogP contribution is 2.31. The third-order valence-electron chi connectivity index (χ3n) is 3.18. The summed E-state index contributed by atoms with van der Waals surface area (Å²) in [6.45, 7) is 4.67. The predicted molar refractivity (Wildman–Crippen MR) is 66.9 cm³/mol. The van der Waals surface area contributed by atoms with E-state index < -0.39 is 0 Å². The van der Waals surface area contributed by atoms with Crippen molar-refractivity contribution in [3.05, 3.63) is 34.9 Å². The van der Waals surface area contributed by atoms with Crippen LogP contribution in [0.4, 0.5) is 0 Å². The Bertz CT molecular complexity index is 415. The molecule has 0 aliphatic heterocycles. The monoisotopic (exact) mass is 233 g/mol. The maximum Gasteiger partial charge on any atom is 0.319 e. The SMILES string of the molecule is CCOC(=O)CNC1CCc2ccc(C)cc21. The van der Waals surface area contributed by atoms with Gasteiger partial charge in [-0.15, -0.1) is 0 Å². The molecule has 1 N–H and O–H groups in total.